The molecule has 10 nitrogen and oxygen atoms in total. The van der Waals surface area contributed by atoms with E-state index in [1.807, 2.05) is 30.3 Å². The first kappa shape index (κ1) is 26.3. The lowest BCUT2D eigenvalue weighted by molar-refractivity contribution is -0.132. The standard InChI is InChI=1S/C24H31N5O5/c1-15(28-22(33)19(25)12-16-8-10-18(30)11-9-16)21(32)27-14-20(31)29-24(2,23(26)34)13-17-6-4-3-5-7-17/h3-11,15,19,30H,12-14,25H2,1-2H3,(H2,26,34)(H,27,32)(H,28,33)(H,29,31)/t15-,19+,24+/m1/s1. The Morgan fingerprint density at radius 2 is 1.59 bits per heavy atom. The molecule has 2 aromatic carbocycles. The highest BCUT2D eigenvalue weighted by Gasteiger charge is 2.33. The number of aromatic hydroxyl groups is 1. The van der Waals surface area contributed by atoms with Crippen LogP contribution in [0.15, 0.2) is 54.6 Å². The van der Waals surface area contributed by atoms with Crippen LogP contribution in [-0.2, 0) is 32.0 Å². The van der Waals surface area contributed by atoms with Gasteiger partial charge in [0.25, 0.3) is 0 Å². The predicted octanol–water partition coefficient (Wildman–Crippen LogP) is -0.514. The Hall–Kier alpha value is -3.92. The summed E-state index contributed by atoms with van der Waals surface area (Å²) < 4.78 is 0. The summed E-state index contributed by atoms with van der Waals surface area (Å²) in [6.45, 7) is 2.57. The fourth-order valence-corrected chi connectivity index (χ4v) is 3.23. The molecule has 2 rings (SSSR count). The van der Waals surface area contributed by atoms with Crippen molar-refractivity contribution in [2.45, 2.75) is 44.3 Å². The van der Waals surface area contributed by atoms with E-state index in [4.69, 9.17) is 11.5 Å². The van der Waals surface area contributed by atoms with Gasteiger partial charge in [-0.3, -0.25) is 19.2 Å². The fraction of sp³-hybridized carbons (Fsp3) is 0.333. The highest BCUT2D eigenvalue weighted by molar-refractivity contribution is 5.94. The van der Waals surface area contributed by atoms with Crippen molar-refractivity contribution in [1.82, 2.24) is 16.0 Å². The molecule has 34 heavy (non-hydrogen) atoms. The summed E-state index contributed by atoms with van der Waals surface area (Å²) in [6, 6.07) is 13.5. The molecule has 0 saturated carbocycles. The summed E-state index contributed by atoms with van der Waals surface area (Å²) in [5.41, 5.74) is 11.6. The SMILES string of the molecule is C[C@@H](NC(=O)[C@@H](N)Cc1ccc(O)cc1)C(=O)NCC(=O)N[C@@](C)(Cc1ccccc1)C(N)=O. The second-order valence-electron chi connectivity index (χ2n) is 8.33. The maximum Gasteiger partial charge on any atom is 0.243 e. The van der Waals surface area contributed by atoms with Gasteiger partial charge >= 0.3 is 0 Å². The highest BCUT2D eigenvalue weighted by atomic mass is 16.3. The smallest absolute Gasteiger partial charge is 0.243 e. The van der Waals surface area contributed by atoms with Crippen LogP contribution < -0.4 is 27.4 Å². The van der Waals surface area contributed by atoms with Gasteiger partial charge in [-0.15, -0.1) is 0 Å². The summed E-state index contributed by atoms with van der Waals surface area (Å²) in [4.78, 5) is 49.0. The molecule has 0 bridgehead atoms. The zero-order chi connectivity index (χ0) is 25.3. The minimum Gasteiger partial charge on any atom is -0.508 e. The Labute approximate surface area is 198 Å². The van der Waals surface area contributed by atoms with Gasteiger partial charge in [-0.2, -0.15) is 0 Å². The number of phenolic OH excluding ortho intramolecular Hbond substituents is 1. The van der Waals surface area contributed by atoms with Crippen molar-refractivity contribution in [2.24, 2.45) is 11.5 Å². The number of rotatable bonds is 11. The number of nitrogens with one attached hydrogen (secondary N) is 3. The van der Waals surface area contributed by atoms with E-state index >= 15 is 0 Å². The summed E-state index contributed by atoms with van der Waals surface area (Å²) in [6.07, 6.45) is 0.407. The topological polar surface area (TPSA) is 177 Å². The van der Waals surface area contributed by atoms with Gasteiger partial charge in [0, 0.05) is 6.42 Å². The lowest BCUT2D eigenvalue weighted by Crippen LogP contribution is -2.59. The zero-order valence-electron chi connectivity index (χ0n) is 19.2. The lowest BCUT2D eigenvalue weighted by Gasteiger charge is -2.28. The third-order valence-corrected chi connectivity index (χ3v) is 5.26. The van der Waals surface area contributed by atoms with Gasteiger partial charge in [0.1, 0.15) is 17.3 Å². The first-order valence-corrected chi connectivity index (χ1v) is 10.8. The molecule has 182 valence electrons. The number of phenols is 1. The number of carbonyl (C=O) groups is 4. The van der Waals surface area contributed by atoms with E-state index in [9.17, 15) is 24.3 Å². The van der Waals surface area contributed by atoms with E-state index in [-0.39, 0.29) is 18.6 Å². The molecule has 0 spiro atoms. The van der Waals surface area contributed by atoms with E-state index in [1.165, 1.54) is 26.0 Å². The minimum atomic E-state index is -1.34. The molecule has 0 heterocycles. The second kappa shape index (κ2) is 11.8. The Morgan fingerprint density at radius 3 is 2.18 bits per heavy atom. The number of hydrogen-bond acceptors (Lipinski definition) is 6. The average molecular weight is 470 g/mol. The molecule has 2 aromatic rings. The monoisotopic (exact) mass is 469 g/mol. The molecule has 10 heteroatoms. The van der Waals surface area contributed by atoms with E-state index in [2.05, 4.69) is 16.0 Å². The van der Waals surface area contributed by atoms with Crippen LogP contribution in [0, 0.1) is 0 Å². The molecular weight excluding hydrogens is 438 g/mol. The number of hydrogen-bond donors (Lipinski definition) is 6. The summed E-state index contributed by atoms with van der Waals surface area (Å²) in [5, 5.41) is 16.8. The second-order valence-corrected chi connectivity index (χ2v) is 8.33. The Kier molecular flexibility index (Phi) is 9.14. The Morgan fingerprint density at radius 1 is 0.971 bits per heavy atom. The molecule has 0 radical (unpaired) electrons. The van der Waals surface area contributed by atoms with Gasteiger partial charge in [0.15, 0.2) is 0 Å². The number of primary amides is 1. The van der Waals surface area contributed by atoms with Crippen LogP contribution in [0.3, 0.4) is 0 Å². The number of benzene rings is 2. The van der Waals surface area contributed by atoms with Gasteiger partial charge in [-0.05, 0) is 43.5 Å². The van der Waals surface area contributed by atoms with Crippen LogP contribution in [0.2, 0.25) is 0 Å². The average Bonchev–Trinajstić information content (AvgIpc) is 2.79. The molecule has 0 aliphatic carbocycles. The van der Waals surface area contributed by atoms with Gasteiger partial charge < -0.3 is 32.5 Å². The van der Waals surface area contributed by atoms with Gasteiger partial charge in [-0.1, -0.05) is 42.5 Å². The summed E-state index contributed by atoms with van der Waals surface area (Å²) in [7, 11) is 0. The van der Waals surface area contributed by atoms with E-state index < -0.39 is 47.8 Å². The van der Waals surface area contributed by atoms with E-state index in [0.717, 1.165) is 11.1 Å². The van der Waals surface area contributed by atoms with Crippen molar-refractivity contribution >= 4 is 23.6 Å². The lowest BCUT2D eigenvalue weighted by atomic mass is 9.92. The molecule has 0 fully saturated rings. The molecule has 4 amide bonds. The molecule has 0 aliphatic heterocycles. The van der Waals surface area contributed by atoms with E-state index in [0.29, 0.717) is 0 Å². The molecule has 8 N–H and O–H groups in total. The number of nitrogens with two attached hydrogens (primary N) is 2. The number of amides is 4. The maximum absolute atomic E-state index is 12.4. The van der Waals surface area contributed by atoms with Crippen LogP contribution in [0.4, 0.5) is 0 Å². The van der Waals surface area contributed by atoms with Crippen molar-refractivity contribution in [3.63, 3.8) is 0 Å². The van der Waals surface area contributed by atoms with Crippen molar-refractivity contribution in [1.29, 1.82) is 0 Å². The molecule has 0 saturated heterocycles. The molecular formula is C24H31N5O5. The van der Waals surface area contributed by atoms with Crippen LogP contribution in [-0.4, -0.2) is 52.9 Å². The van der Waals surface area contributed by atoms with Gasteiger partial charge in [-0.25, -0.2) is 0 Å². The van der Waals surface area contributed by atoms with Gasteiger partial charge in [0.05, 0.1) is 12.6 Å². The summed E-state index contributed by atoms with van der Waals surface area (Å²) >= 11 is 0. The number of carbonyl (C=O) groups excluding carboxylic acids is 4. The highest BCUT2D eigenvalue weighted by Crippen LogP contribution is 2.13. The third kappa shape index (κ3) is 7.89. The first-order chi connectivity index (χ1) is 16.0. The minimum absolute atomic E-state index is 0.104. The molecule has 0 aromatic heterocycles. The molecule has 0 aliphatic rings. The van der Waals surface area contributed by atoms with Crippen molar-refractivity contribution in [3.8, 4) is 5.75 Å². The molecule has 3 atom stereocenters. The Bertz CT molecular complexity index is 1010. The van der Waals surface area contributed by atoms with Crippen LogP contribution in [0.25, 0.3) is 0 Å². The summed E-state index contributed by atoms with van der Waals surface area (Å²) in [5.74, 6) is -2.34. The quantitative estimate of drug-likeness (QED) is 0.258. The van der Waals surface area contributed by atoms with Crippen molar-refractivity contribution in [2.75, 3.05) is 6.54 Å². The fourth-order valence-electron chi connectivity index (χ4n) is 3.23. The normalized spacial score (nSPS) is 14.2. The van der Waals surface area contributed by atoms with Crippen LogP contribution in [0.5, 0.6) is 5.75 Å². The van der Waals surface area contributed by atoms with Crippen LogP contribution >= 0.6 is 0 Å². The zero-order valence-corrected chi connectivity index (χ0v) is 19.2. The van der Waals surface area contributed by atoms with E-state index in [1.54, 1.807) is 12.1 Å². The Balaban J connectivity index is 1.83. The van der Waals surface area contributed by atoms with Crippen LogP contribution in [0.1, 0.15) is 25.0 Å². The maximum atomic E-state index is 12.4. The largest absolute Gasteiger partial charge is 0.508 e. The first-order valence-electron chi connectivity index (χ1n) is 10.8. The predicted molar refractivity (Wildman–Crippen MR) is 126 cm³/mol. The van der Waals surface area contributed by atoms with Crippen molar-refractivity contribution < 1.29 is 24.3 Å². The molecule has 0 unspecified atom stereocenters. The third-order valence-electron chi connectivity index (χ3n) is 5.26. The van der Waals surface area contributed by atoms with Crippen molar-refractivity contribution in [3.05, 3.63) is 65.7 Å². The van der Waals surface area contributed by atoms with Gasteiger partial charge in [0.2, 0.25) is 23.6 Å².